The van der Waals surface area contributed by atoms with E-state index in [0.29, 0.717) is 0 Å². The molecule has 1 fully saturated rings. The molecule has 17 heavy (non-hydrogen) atoms. The van der Waals surface area contributed by atoms with Crippen LogP contribution in [0.5, 0.6) is 5.75 Å². The van der Waals surface area contributed by atoms with Crippen LogP contribution in [-0.4, -0.2) is 29.9 Å². The molecule has 1 unspecified atom stereocenters. The standard InChI is InChI=1S/C13H16BrNO2/c14-10-1-2-12-9(5-10)6-11(17-12)7-15-13(8-16)3-4-13/h1-2,5,11,15-16H,3-4,6-8H2. The smallest absolute Gasteiger partial charge is 0.123 e. The van der Waals surface area contributed by atoms with Gasteiger partial charge in [-0.25, -0.2) is 0 Å². The Labute approximate surface area is 109 Å². The summed E-state index contributed by atoms with van der Waals surface area (Å²) in [6.07, 6.45) is 3.30. The molecule has 1 aromatic rings. The van der Waals surface area contributed by atoms with E-state index in [-0.39, 0.29) is 18.2 Å². The van der Waals surface area contributed by atoms with Crippen LogP contribution in [0.2, 0.25) is 0 Å². The average molecular weight is 298 g/mol. The molecule has 2 N–H and O–H groups in total. The lowest BCUT2D eigenvalue weighted by Gasteiger charge is -2.17. The summed E-state index contributed by atoms with van der Waals surface area (Å²) in [6.45, 7) is 1.05. The molecule has 1 atom stereocenters. The van der Waals surface area contributed by atoms with Gasteiger partial charge in [0.2, 0.25) is 0 Å². The van der Waals surface area contributed by atoms with Gasteiger partial charge < -0.3 is 15.2 Å². The van der Waals surface area contributed by atoms with E-state index in [2.05, 4.69) is 27.3 Å². The number of benzene rings is 1. The monoisotopic (exact) mass is 297 g/mol. The zero-order valence-electron chi connectivity index (χ0n) is 9.58. The lowest BCUT2D eigenvalue weighted by atomic mass is 10.1. The largest absolute Gasteiger partial charge is 0.488 e. The molecule has 1 aromatic carbocycles. The molecule has 0 aromatic heterocycles. The summed E-state index contributed by atoms with van der Waals surface area (Å²) in [5, 5.41) is 12.7. The third-order valence-corrected chi connectivity index (χ3v) is 4.12. The highest BCUT2D eigenvalue weighted by Crippen LogP contribution is 2.35. The van der Waals surface area contributed by atoms with Gasteiger partial charge in [-0.3, -0.25) is 0 Å². The first kappa shape index (κ1) is 11.5. The maximum absolute atomic E-state index is 9.23. The highest BCUT2D eigenvalue weighted by molar-refractivity contribution is 9.10. The molecule has 0 saturated heterocycles. The zero-order valence-corrected chi connectivity index (χ0v) is 11.2. The minimum atomic E-state index is -0.00127. The number of hydrogen-bond donors (Lipinski definition) is 2. The summed E-state index contributed by atoms with van der Waals surface area (Å²) in [4.78, 5) is 0. The van der Waals surface area contributed by atoms with E-state index in [1.807, 2.05) is 12.1 Å². The van der Waals surface area contributed by atoms with Gasteiger partial charge in [-0.05, 0) is 36.6 Å². The molecular weight excluding hydrogens is 282 g/mol. The second kappa shape index (κ2) is 4.26. The van der Waals surface area contributed by atoms with E-state index in [0.717, 1.165) is 36.0 Å². The highest BCUT2D eigenvalue weighted by Gasteiger charge is 2.42. The van der Waals surface area contributed by atoms with Crippen LogP contribution in [0.4, 0.5) is 0 Å². The Balaban J connectivity index is 1.59. The molecule has 92 valence electrons. The first-order chi connectivity index (χ1) is 8.21. The minimum Gasteiger partial charge on any atom is -0.488 e. The second-order valence-corrected chi connectivity index (χ2v) is 5.93. The van der Waals surface area contributed by atoms with Crippen LogP contribution in [0, 0.1) is 0 Å². The maximum Gasteiger partial charge on any atom is 0.123 e. The molecule has 0 radical (unpaired) electrons. The molecule has 4 heteroatoms. The van der Waals surface area contributed by atoms with Crippen LogP contribution in [0.15, 0.2) is 22.7 Å². The van der Waals surface area contributed by atoms with Crippen molar-refractivity contribution in [3.05, 3.63) is 28.2 Å². The first-order valence-electron chi connectivity index (χ1n) is 6.02. The molecule has 0 bridgehead atoms. The van der Waals surface area contributed by atoms with Crippen molar-refractivity contribution < 1.29 is 9.84 Å². The van der Waals surface area contributed by atoms with E-state index < -0.39 is 0 Å². The normalized spacial score (nSPS) is 24.2. The fourth-order valence-electron chi connectivity index (χ4n) is 2.27. The van der Waals surface area contributed by atoms with E-state index in [1.54, 1.807) is 0 Å². The van der Waals surface area contributed by atoms with Gasteiger partial charge in [0.25, 0.3) is 0 Å². The molecule has 2 aliphatic rings. The number of aliphatic hydroxyl groups excluding tert-OH is 1. The highest BCUT2D eigenvalue weighted by atomic mass is 79.9. The number of halogens is 1. The van der Waals surface area contributed by atoms with Crippen molar-refractivity contribution in [1.82, 2.24) is 5.32 Å². The predicted octanol–water partition coefficient (Wildman–Crippen LogP) is 1.87. The van der Waals surface area contributed by atoms with Gasteiger partial charge in [0.05, 0.1) is 6.61 Å². The summed E-state index contributed by atoms with van der Waals surface area (Å²) < 4.78 is 6.96. The Morgan fingerprint density at radius 2 is 2.29 bits per heavy atom. The molecule has 3 nitrogen and oxygen atoms in total. The van der Waals surface area contributed by atoms with Crippen molar-refractivity contribution in [2.24, 2.45) is 0 Å². The summed E-state index contributed by atoms with van der Waals surface area (Å²) in [5.74, 6) is 0.994. The Hall–Kier alpha value is -0.580. The fraction of sp³-hybridized carbons (Fsp3) is 0.538. The number of hydrogen-bond acceptors (Lipinski definition) is 3. The molecular formula is C13H16BrNO2. The average Bonchev–Trinajstić information content (AvgIpc) is 3.00. The quantitative estimate of drug-likeness (QED) is 0.891. The van der Waals surface area contributed by atoms with Crippen LogP contribution in [0.3, 0.4) is 0 Å². The van der Waals surface area contributed by atoms with Crippen LogP contribution in [0.1, 0.15) is 18.4 Å². The van der Waals surface area contributed by atoms with Crippen molar-refractivity contribution in [1.29, 1.82) is 0 Å². The van der Waals surface area contributed by atoms with E-state index >= 15 is 0 Å². The Bertz CT molecular complexity index is 431. The van der Waals surface area contributed by atoms with Gasteiger partial charge in [-0.1, -0.05) is 15.9 Å². The van der Waals surface area contributed by atoms with E-state index in [9.17, 15) is 5.11 Å². The van der Waals surface area contributed by atoms with Crippen LogP contribution in [0.25, 0.3) is 0 Å². The van der Waals surface area contributed by atoms with Gasteiger partial charge in [0.15, 0.2) is 0 Å². The molecule has 0 amide bonds. The van der Waals surface area contributed by atoms with Gasteiger partial charge in [-0.15, -0.1) is 0 Å². The zero-order chi connectivity index (χ0) is 11.9. The number of nitrogens with one attached hydrogen (secondary N) is 1. The lowest BCUT2D eigenvalue weighted by Crippen LogP contribution is -2.41. The van der Waals surface area contributed by atoms with Crippen LogP contribution in [-0.2, 0) is 6.42 Å². The summed E-state index contributed by atoms with van der Waals surface area (Å²) in [7, 11) is 0. The summed E-state index contributed by atoms with van der Waals surface area (Å²) in [5.41, 5.74) is 1.26. The lowest BCUT2D eigenvalue weighted by molar-refractivity contribution is 0.189. The maximum atomic E-state index is 9.23. The van der Waals surface area contributed by atoms with Crippen LogP contribution >= 0.6 is 15.9 Å². The molecule has 3 rings (SSSR count). The SMILES string of the molecule is OCC1(NCC2Cc3cc(Br)ccc3O2)CC1. The molecule has 1 aliphatic carbocycles. The minimum absolute atomic E-state index is 0.00127. The van der Waals surface area contributed by atoms with Gasteiger partial charge >= 0.3 is 0 Å². The molecule has 0 spiro atoms. The van der Waals surface area contributed by atoms with Gasteiger partial charge in [-0.2, -0.15) is 0 Å². The van der Waals surface area contributed by atoms with Gasteiger partial charge in [0, 0.05) is 23.0 Å². The van der Waals surface area contributed by atoms with Crippen molar-refractivity contribution in [2.75, 3.05) is 13.2 Å². The van der Waals surface area contributed by atoms with Crippen molar-refractivity contribution >= 4 is 15.9 Å². The Morgan fingerprint density at radius 1 is 1.47 bits per heavy atom. The molecule has 1 heterocycles. The van der Waals surface area contributed by atoms with Crippen molar-refractivity contribution in [3.8, 4) is 5.75 Å². The Kier molecular flexibility index (Phi) is 2.89. The van der Waals surface area contributed by atoms with E-state index in [4.69, 9.17) is 4.74 Å². The summed E-state index contributed by atoms with van der Waals surface area (Å²) >= 11 is 3.47. The number of rotatable bonds is 4. The van der Waals surface area contributed by atoms with E-state index in [1.165, 1.54) is 5.56 Å². The number of fused-ring (bicyclic) bond motifs is 1. The van der Waals surface area contributed by atoms with Gasteiger partial charge in [0.1, 0.15) is 11.9 Å². The second-order valence-electron chi connectivity index (χ2n) is 5.02. The number of aliphatic hydroxyl groups is 1. The fourth-order valence-corrected chi connectivity index (χ4v) is 2.68. The molecule has 1 saturated carbocycles. The summed E-state index contributed by atoms with van der Waals surface area (Å²) in [6, 6.07) is 6.14. The van der Waals surface area contributed by atoms with Crippen molar-refractivity contribution in [3.63, 3.8) is 0 Å². The van der Waals surface area contributed by atoms with Crippen LogP contribution < -0.4 is 10.1 Å². The Morgan fingerprint density at radius 3 is 3.00 bits per heavy atom. The topological polar surface area (TPSA) is 41.5 Å². The third kappa shape index (κ3) is 2.34. The predicted molar refractivity (Wildman–Crippen MR) is 69.3 cm³/mol. The van der Waals surface area contributed by atoms with Crippen molar-refractivity contribution in [2.45, 2.75) is 30.9 Å². The molecule has 1 aliphatic heterocycles. The third-order valence-electron chi connectivity index (χ3n) is 3.62. The number of ether oxygens (including phenoxy) is 1. The first-order valence-corrected chi connectivity index (χ1v) is 6.81.